The van der Waals surface area contributed by atoms with Crippen molar-refractivity contribution in [2.24, 2.45) is 0 Å². The van der Waals surface area contributed by atoms with Crippen LogP contribution in [0.5, 0.6) is 5.75 Å². The second-order valence-corrected chi connectivity index (χ2v) is 10.1. The smallest absolute Gasteiger partial charge is 0.260 e. The van der Waals surface area contributed by atoms with Crippen molar-refractivity contribution in [3.05, 3.63) is 68.1 Å². The van der Waals surface area contributed by atoms with Gasteiger partial charge in [-0.05, 0) is 55.2 Å². The minimum Gasteiger partial charge on any atom is -0.492 e. The first-order chi connectivity index (χ1) is 17.7. The molecule has 0 aliphatic carbocycles. The van der Waals surface area contributed by atoms with E-state index in [0.717, 1.165) is 28.4 Å². The Morgan fingerprint density at radius 2 is 1.92 bits per heavy atom. The molecule has 2 aromatic heterocycles. The van der Waals surface area contributed by atoms with E-state index in [1.807, 2.05) is 32.9 Å². The zero-order valence-electron chi connectivity index (χ0n) is 20.4. The largest absolute Gasteiger partial charge is 0.492 e. The fraction of sp³-hybridized carbons (Fsp3) is 0.269. The molecular formula is C26H24ClN5O4S. The third-order valence-electron chi connectivity index (χ3n) is 6.63. The number of β-lactam (4-membered cyclic amide) rings is 1. The molecule has 190 valence electrons. The Kier molecular flexibility index (Phi) is 6.70. The van der Waals surface area contributed by atoms with Gasteiger partial charge in [0.15, 0.2) is 5.82 Å². The number of hydrogen-bond donors (Lipinski definition) is 3. The summed E-state index contributed by atoms with van der Waals surface area (Å²) in [5, 5.41) is 6.21. The Morgan fingerprint density at radius 3 is 2.57 bits per heavy atom. The maximum atomic E-state index is 13.4. The number of aryl methyl sites for hydroxylation is 2. The molecule has 3 heterocycles. The number of carbonyl (C=O) groups excluding carboxylic acids is 2. The van der Waals surface area contributed by atoms with Crippen LogP contribution in [0.2, 0.25) is 5.02 Å². The number of anilines is 1. The molecule has 1 saturated heterocycles. The van der Waals surface area contributed by atoms with Crippen LogP contribution in [-0.4, -0.2) is 38.2 Å². The fourth-order valence-corrected chi connectivity index (χ4v) is 4.99. The molecule has 5 rings (SSSR count). The van der Waals surface area contributed by atoms with E-state index in [2.05, 4.69) is 24.4 Å². The van der Waals surface area contributed by atoms with Gasteiger partial charge in [0.1, 0.15) is 5.75 Å². The lowest BCUT2D eigenvalue weighted by atomic mass is 9.95. The van der Waals surface area contributed by atoms with Crippen molar-refractivity contribution >= 4 is 51.9 Å². The number of carbonyl (C=O) groups is 2. The van der Waals surface area contributed by atoms with E-state index in [4.69, 9.17) is 16.3 Å². The Balaban J connectivity index is 1.63. The third-order valence-corrected chi connectivity index (χ3v) is 7.42. The number of ether oxygens (including phenoxy) is 1. The number of rotatable bonds is 7. The van der Waals surface area contributed by atoms with Crippen LogP contribution in [0.25, 0.3) is 22.0 Å². The van der Waals surface area contributed by atoms with Crippen molar-refractivity contribution in [3.63, 3.8) is 0 Å². The van der Waals surface area contributed by atoms with Crippen molar-refractivity contribution in [1.82, 2.24) is 19.0 Å². The van der Waals surface area contributed by atoms with Crippen LogP contribution in [0.4, 0.5) is 5.82 Å². The molecule has 0 radical (unpaired) electrons. The Bertz CT molecular complexity index is 1570. The number of hydrogen-bond acceptors (Lipinski definition) is 7. The molecule has 1 aliphatic heterocycles. The summed E-state index contributed by atoms with van der Waals surface area (Å²) in [7, 11) is 0. The lowest BCUT2D eigenvalue weighted by Crippen LogP contribution is -2.49. The fourth-order valence-electron chi connectivity index (χ4n) is 4.36. The standard InChI is InChI=1S/C26H24ClN5O4S/c1-12-6-15(7-13(2)14(12)3)23-24(36-5-4-16-8-22(33)29-16)18-9-17(19(27)10-20(18)30-26(23)35)25(34)31-21-11-28-37-32-21/h6-7,9-11,16H,4-5,8H2,1-3H3,(H,29,33)(H,30,35)(H,31,32,34)/t16-/m0/s1. The predicted octanol–water partition coefficient (Wildman–Crippen LogP) is 4.53. The number of aromatic amines is 1. The predicted molar refractivity (Wildman–Crippen MR) is 144 cm³/mol. The van der Waals surface area contributed by atoms with Gasteiger partial charge in [0.2, 0.25) is 5.91 Å². The number of fused-ring (bicyclic) bond motifs is 1. The molecule has 0 saturated carbocycles. The van der Waals surface area contributed by atoms with Gasteiger partial charge in [0.05, 0.1) is 46.2 Å². The molecular weight excluding hydrogens is 514 g/mol. The van der Waals surface area contributed by atoms with Crippen molar-refractivity contribution in [3.8, 4) is 16.9 Å². The van der Waals surface area contributed by atoms with Gasteiger partial charge in [-0.1, -0.05) is 23.7 Å². The topological polar surface area (TPSA) is 126 Å². The lowest BCUT2D eigenvalue weighted by Gasteiger charge is -2.27. The van der Waals surface area contributed by atoms with Crippen LogP contribution in [0.1, 0.15) is 39.9 Å². The van der Waals surface area contributed by atoms with Crippen LogP contribution in [0.3, 0.4) is 0 Å². The van der Waals surface area contributed by atoms with Crippen molar-refractivity contribution in [1.29, 1.82) is 0 Å². The minimum absolute atomic E-state index is 0.0125. The number of pyridine rings is 1. The number of nitrogens with zero attached hydrogens (tertiary/aromatic N) is 2. The number of aromatic nitrogens is 3. The molecule has 3 N–H and O–H groups in total. The van der Waals surface area contributed by atoms with Gasteiger partial charge in [-0.3, -0.25) is 14.4 Å². The second-order valence-electron chi connectivity index (χ2n) is 9.12. The molecule has 9 nitrogen and oxygen atoms in total. The van der Waals surface area contributed by atoms with Gasteiger partial charge in [-0.25, -0.2) is 0 Å². The van der Waals surface area contributed by atoms with Crippen LogP contribution in [-0.2, 0) is 4.79 Å². The molecule has 0 bridgehead atoms. The number of halogens is 1. The van der Waals surface area contributed by atoms with Crippen molar-refractivity contribution in [2.45, 2.75) is 39.7 Å². The molecule has 4 aromatic rings. The van der Waals surface area contributed by atoms with Crippen LogP contribution >= 0.6 is 23.3 Å². The number of amides is 2. The van der Waals surface area contributed by atoms with Crippen LogP contribution in [0, 0.1) is 20.8 Å². The first-order valence-electron chi connectivity index (χ1n) is 11.7. The molecule has 2 amide bonds. The Labute approximate surface area is 221 Å². The summed E-state index contributed by atoms with van der Waals surface area (Å²) >= 11 is 7.42. The summed E-state index contributed by atoms with van der Waals surface area (Å²) in [6.07, 6.45) is 2.49. The lowest BCUT2D eigenvalue weighted by molar-refractivity contribution is -0.128. The summed E-state index contributed by atoms with van der Waals surface area (Å²) in [5.74, 6) is 0.224. The number of H-pyrrole nitrogens is 1. The molecule has 11 heteroatoms. The summed E-state index contributed by atoms with van der Waals surface area (Å²) in [5.41, 5.74) is 4.64. The molecule has 37 heavy (non-hydrogen) atoms. The van der Waals surface area contributed by atoms with E-state index >= 15 is 0 Å². The van der Waals surface area contributed by atoms with Gasteiger partial charge in [0.25, 0.3) is 11.5 Å². The average Bonchev–Trinajstić information content (AvgIpc) is 3.33. The van der Waals surface area contributed by atoms with E-state index in [9.17, 15) is 14.4 Å². The summed E-state index contributed by atoms with van der Waals surface area (Å²) < 4.78 is 14.2. The first-order valence-corrected chi connectivity index (χ1v) is 12.8. The zero-order valence-corrected chi connectivity index (χ0v) is 22.0. The maximum absolute atomic E-state index is 13.4. The highest BCUT2D eigenvalue weighted by Crippen LogP contribution is 2.37. The average molecular weight is 538 g/mol. The maximum Gasteiger partial charge on any atom is 0.260 e. The van der Waals surface area contributed by atoms with E-state index < -0.39 is 5.91 Å². The van der Waals surface area contributed by atoms with E-state index in [-0.39, 0.29) is 34.7 Å². The highest BCUT2D eigenvalue weighted by molar-refractivity contribution is 6.99. The number of nitrogens with one attached hydrogen (secondary N) is 3. The van der Waals surface area contributed by atoms with Gasteiger partial charge < -0.3 is 20.4 Å². The Morgan fingerprint density at radius 1 is 1.19 bits per heavy atom. The van der Waals surface area contributed by atoms with Gasteiger partial charge in [-0.15, -0.1) is 0 Å². The van der Waals surface area contributed by atoms with Crippen LogP contribution in [0.15, 0.2) is 35.3 Å². The SMILES string of the molecule is Cc1cc(-c2c(OCC[C@H]3CC(=O)N3)c3cc(C(=O)Nc4cnsn4)c(Cl)cc3[nH]c2=O)cc(C)c1C. The number of benzene rings is 2. The second kappa shape index (κ2) is 9.95. The van der Waals surface area contributed by atoms with Crippen molar-refractivity contribution in [2.75, 3.05) is 11.9 Å². The van der Waals surface area contributed by atoms with E-state index in [0.29, 0.717) is 46.4 Å². The summed E-state index contributed by atoms with van der Waals surface area (Å²) in [4.78, 5) is 40.6. The normalized spacial score (nSPS) is 14.8. The molecule has 1 atom stereocenters. The molecule has 1 aliphatic rings. The summed E-state index contributed by atoms with van der Waals surface area (Å²) in [6.45, 7) is 6.30. The van der Waals surface area contributed by atoms with Gasteiger partial charge in [-0.2, -0.15) is 8.75 Å². The Hall–Kier alpha value is -3.76. The molecule has 1 fully saturated rings. The first kappa shape index (κ1) is 24.9. The highest BCUT2D eigenvalue weighted by Gasteiger charge is 2.26. The van der Waals surface area contributed by atoms with Gasteiger partial charge >= 0.3 is 0 Å². The quantitative estimate of drug-likeness (QED) is 0.297. The molecule has 2 aromatic carbocycles. The zero-order chi connectivity index (χ0) is 26.3. The molecule has 0 spiro atoms. The van der Waals surface area contributed by atoms with E-state index in [1.54, 1.807) is 12.1 Å². The van der Waals surface area contributed by atoms with E-state index in [1.165, 1.54) is 6.20 Å². The minimum atomic E-state index is -0.461. The van der Waals surface area contributed by atoms with Gasteiger partial charge in [0, 0.05) is 24.3 Å². The third kappa shape index (κ3) is 4.94. The van der Waals surface area contributed by atoms with Crippen molar-refractivity contribution < 1.29 is 14.3 Å². The monoisotopic (exact) mass is 537 g/mol. The molecule has 0 unspecified atom stereocenters. The van der Waals surface area contributed by atoms with Crippen LogP contribution < -0.4 is 20.9 Å². The summed E-state index contributed by atoms with van der Waals surface area (Å²) in [6, 6.07) is 7.10. The highest BCUT2D eigenvalue weighted by atomic mass is 35.5.